The number of nitrogens with one attached hydrogen (secondary N) is 8. The molecule has 2 aliphatic carbocycles. The van der Waals surface area contributed by atoms with E-state index < -0.39 is 106 Å². The molecule has 2 aromatic carbocycles. The van der Waals surface area contributed by atoms with Crippen LogP contribution in [-0.2, 0) is 47.8 Å². The van der Waals surface area contributed by atoms with Gasteiger partial charge in [-0.25, -0.2) is 39.1 Å². The standard InChI is InChI=1S/2C40H53N7O8S/c2*1-12-23-18-40(23,35(51)54-11)46-33(49)30-16-25(19-47(30)34(50)32(39(7,8)9)45-36(52)41-21(2)38(4,5)6)55-31-17-28(29-20-56-37(44-29)42-22(3)48)43-27-15-24(53-10)13-14-26(27)31/h2*12-15,17,20-21,23,25,30,32H,1,16,18-19H2,2-11H3,(H,46,49)(H2,41,45,52)(H,42,44,48)/t2*21?,23-,25?,30?,32+,40+/m00/s1. The van der Waals surface area contributed by atoms with Crippen molar-refractivity contribution in [1.82, 2.24) is 61.6 Å². The molecule has 112 heavy (non-hydrogen) atoms. The zero-order valence-corrected chi connectivity index (χ0v) is 69.0. The highest BCUT2D eigenvalue weighted by Gasteiger charge is 2.63. The number of methoxy groups -OCH3 is 4. The molecule has 8 N–H and O–H groups in total. The summed E-state index contributed by atoms with van der Waals surface area (Å²) in [4.78, 5) is 155. The molecule has 0 bridgehead atoms. The molecule has 6 heterocycles. The quantitative estimate of drug-likeness (QED) is 0.0206. The number of amides is 10. The van der Waals surface area contributed by atoms with Crippen LogP contribution in [0.15, 0.2) is 84.6 Å². The van der Waals surface area contributed by atoms with Gasteiger partial charge in [-0.15, -0.1) is 35.8 Å². The summed E-state index contributed by atoms with van der Waals surface area (Å²) in [5, 5.41) is 28.4. The normalized spacial score (nSPS) is 21.7. The topological polar surface area (TPSA) is 380 Å². The lowest BCUT2D eigenvalue weighted by molar-refractivity contribution is -0.148. The van der Waals surface area contributed by atoms with E-state index in [2.05, 4.69) is 65.7 Å². The monoisotopic (exact) mass is 1580 g/mol. The van der Waals surface area contributed by atoms with Gasteiger partial charge in [0.1, 0.15) is 81.8 Å². The second kappa shape index (κ2) is 33.8. The predicted octanol–water partition coefficient (Wildman–Crippen LogP) is 10.1. The summed E-state index contributed by atoms with van der Waals surface area (Å²) in [5.74, 6) is -2.52. The minimum Gasteiger partial charge on any atom is -0.497 e. The maximum Gasteiger partial charge on any atom is 0.332 e. The zero-order chi connectivity index (χ0) is 82.7. The smallest absolute Gasteiger partial charge is 0.332 e. The zero-order valence-electron chi connectivity index (χ0n) is 67.4. The van der Waals surface area contributed by atoms with Gasteiger partial charge in [0.2, 0.25) is 35.4 Å². The summed E-state index contributed by atoms with van der Waals surface area (Å²) in [6.45, 7) is 37.2. The minimum atomic E-state index is -1.30. The number of urea groups is 2. The Hall–Kier alpha value is -10.5. The van der Waals surface area contributed by atoms with Crippen molar-refractivity contribution in [3.63, 3.8) is 0 Å². The lowest BCUT2D eigenvalue weighted by Crippen LogP contribution is -2.61. The molecule has 6 unspecified atom stereocenters. The van der Waals surface area contributed by atoms with Crippen LogP contribution in [0.2, 0.25) is 0 Å². The summed E-state index contributed by atoms with van der Waals surface area (Å²) in [5.41, 5.74) is -1.60. The number of anilines is 2. The molecular weight excluding hydrogens is 1480 g/mol. The Morgan fingerprint density at radius 3 is 1.16 bits per heavy atom. The molecule has 10 rings (SSSR count). The highest BCUT2D eigenvalue weighted by molar-refractivity contribution is 7.14. The molecule has 32 heteroatoms. The maximum atomic E-state index is 14.7. The second-order valence-electron chi connectivity index (χ2n) is 33.2. The summed E-state index contributed by atoms with van der Waals surface area (Å²) >= 11 is 2.50. The van der Waals surface area contributed by atoms with Crippen molar-refractivity contribution < 1.29 is 76.4 Å². The molecule has 2 aliphatic heterocycles. The molecule has 30 nitrogen and oxygen atoms in total. The van der Waals surface area contributed by atoms with Crippen molar-refractivity contribution in [1.29, 1.82) is 0 Å². The van der Waals surface area contributed by atoms with Crippen molar-refractivity contribution >= 4 is 114 Å². The fraction of sp³-hybridized carbons (Fsp3) is 0.525. The number of esters is 2. The van der Waals surface area contributed by atoms with Crippen LogP contribution in [0.25, 0.3) is 44.6 Å². The van der Waals surface area contributed by atoms with E-state index in [4.69, 9.17) is 38.4 Å². The number of hydrogen-bond acceptors (Lipinski definition) is 22. The number of carbonyl (C=O) groups is 10. The van der Waals surface area contributed by atoms with Gasteiger partial charge in [0.05, 0.1) is 63.9 Å². The summed E-state index contributed by atoms with van der Waals surface area (Å²) in [6, 6.07) is 8.47. The van der Waals surface area contributed by atoms with Crippen LogP contribution >= 0.6 is 22.7 Å². The highest BCUT2D eigenvalue weighted by Crippen LogP contribution is 2.48. The molecule has 0 spiro atoms. The molecule has 2 saturated carbocycles. The largest absolute Gasteiger partial charge is 0.497 e. The van der Waals surface area contributed by atoms with Crippen molar-refractivity contribution in [2.45, 2.75) is 196 Å². The number of carbonyl (C=O) groups excluding carboxylic acids is 10. The Kier molecular flexibility index (Phi) is 25.8. The van der Waals surface area contributed by atoms with E-state index in [1.54, 1.807) is 73.5 Å². The number of fused-ring (bicyclic) bond motifs is 2. The van der Waals surface area contributed by atoms with Gasteiger partial charge in [-0.05, 0) is 72.6 Å². The van der Waals surface area contributed by atoms with Crippen LogP contribution < -0.4 is 61.5 Å². The molecule has 0 radical (unpaired) electrons. The molecule has 4 fully saturated rings. The Balaban J connectivity index is 0.000000257. The third-order valence-corrected chi connectivity index (χ3v) is 22.3. The van der Waals surface area contributed by atoms with E-state index >= 15 is 0 Å². The molecule has 12 atom stereocenters. The lowest BCUT2D eigenvalue weighted by atomic mass is 9.85. The van der Waals surface area contributed by atoms with Crippen molar-refractivity contribution in [3.05, 3.63) is 84.6 Å². The predicted molar refractivity (Wildman–Crippen MR) is 427 cm³/mol. The molecule has 4 aromatic heterocycles. The van der Waals surface area contributed by atoms with Gasteiger partial charge in [0, 0.05) is 96.4 Å². The first-order chi connectivity index (χ1) is 52.4. The van der Waals surface area contributed by atoms with Crippen LogP contribution in [0.4, 0.5) is 19.9 Å². The second-order valence-corrected chi connectivity index (χ2v) is 34.9. The van der Waals surface area contributed by atoms with Crippen LogP contribution in [0, 0.1) is 33.5 Å². The third kappa shape index (κ3) is 19.7. The van der Waals surface area contributed by atoms with E-state index in [0.29, 0.717) is 90.7 Å². The third-order valence-electron chi connectivity index (χ3n) is 20.8. The summed E-state index contributed by atoms with van der Waals surface area (Å²) in [7, 11) is 5.61. The average molecular weight is 1580 g/mol. The summed E-state index contributed by atoms with van der Waals surface area (Å²) < 4.78 is 34.4. The molecular formula is C80H106N14O16S2. The van der Waals surface area contributed by atoms with Crippen LogP contribution in [0.3, 0.4) is 0 Å². The van der Waals surface area contributed by atoms with Crippen molar-refractivity contribution in [2.75, 3.05) is 52.2 Å². The van der Waals surface area contributed by atoms with Gasteiger partial charge in [-0.2, -0.15) is 0 Å². The Labute approximate surface area is 660 Å². The number of pyridine rings is 2. The SMILES string of the molecule is C=C[C@H]1C[C@]1(NC(=O)C1CC(Oc2cc(-c3csc(NC(C)=O)n3)nc3cc(OC)ccc23)CN1C(=O)[C@@H](NC(=O)NC(C)C(C)(C)C)C(C)(C)C)C(=O)OC.C=C[C@H]1C[C@]1(NC(=O)C1CC(Oc2cc(-c3csc(NC(C)=O)n3)nc3cc(OC)ccc23)CN1C(=O)[C@@H](NC(=O)NC(C)C(C)(C)C)C(C)(C)C)C(=O)OC. The van der Waals surface area contributed by atoms with E-state index in [1.165, 1.54) is 60.5 Å². The van der Waals surface area contributed by atoms with Gasteiger partial charge >= 0.3 is 24.0 Å². The average Bonchev–Trinajstić information content (AvgIpc) is 1.58. The lowest BCUT2D eigenvalue weighted by Gasteiger charge is -2.36. The van der Waals surface area contributed by atoms with E-state index in [-0.39, 0.29) is 72.5 Å². The van der Waals surface area contributed by atoms with Crippen LogP contribution in [0.5, 0.6) is 23.0 Å². The summed E-state index contributed by atoms with van der Waals surface area (Å²) in [6.07, 6.45) is 2.53. The molecule has 4 aliphatic rings. The number of nitrogens with zero attached hydrogens (tertiary/aromatic N) is 6. The fourth-order valence-corrected chi connectivity index (χ4v) is 14.6. The van der Waals surface area contributed by atoms with Gasteiger partial charge in [-0.3, -0.25) is 28.8 Å². The van der Waals surface area contributed by atoms with Crippen LogP contribution in [0.1, 0.15) is 136 Å². The number of likely N-dealkylation sites (tertiary alicyclic amines) is 2. The number of benzene rings is 2. The first kappa shape index (κ1) is 85.5. The fourth-order valence-electron chi connectivity index (χ4n) is 13.1. The van der Waals surface area contributed by atoms with E-state index in [0.717, 1.165) is 0 Å². The Bertz CT molecular complexity index is 4330. The molecule has 604 valence electrons. The highest BCUT2D eigenvalue weighted by atomic mass is 32.1. The Morgan fingerprint density at radius 2 is 0.866 bits per heavy atom. The van der Waals surface area contributed by atoms with Crippen molar-refractivity contribution in [3.8, 4) is 45.8 Å². The van der Waals surface area contributed by atoms with Gasteiger partial charge < -0.3 is 80.8 Å². The van der Waals surface area contributed by atoms with Gasteiger partial charge in [0.25, 0.3) is 0 Å². The van der Waals surface area contributed by atoms with E-state index in [9.17, 15) is 47.9 Å². The number of hydrogen-bond donors (Lipinski definition) is 8. The maximum absolute atomic E-state index is 14.7. The molecule has 6 aromatic rings. The minimum absolute atomic E-state index is 0.0139. The van der Waals surface area contributed by atoms with Crippen molar-refractivity contribution in [2.24, 2.45) is 33.5 Å². The number of thiazole rings is 2. The first-order valence-corrected chi connectivity index (χ1v) is 38.8. The van der Waals surface area contributed by atoms with Crippen LogP contribution in [-0.4, -0.2) is 190 Å². The van der Waals surface area contributed by atoms with Gasteiger partial charge in [0.15, 0.2) is 10.3 Å². The number of ether oxygens (including phenoxy) is 6. The number of rotatable bonds is 24. The number of aromatic nitrogens is 4. The van der Waals surface area contributed by atoms with Gasteiger partial charge in [-0.1, -0.05) is 95.2 Å². The van der Waals surface area contributed by atoms with E-state index in [1.807, 2.05) is 109 Å². The molecule has 10 amide bonds. The molecule has 2 saturated heterocycles. The Morgan fingerprint density at radius 1 is 0.509 bits per heavy atom. The first-order valence-electron chi connectivity index (χ1n) is 37.0.